The molecule has 2 N–H and O–H groups in total. The summed E-state index contributed by atoms with van der Waals surface area (Å²) in [7, 11) is 1.88. The van der Waals surface area contributed by atoms with Crippen molar-refractivity contribution in [2.75, 3.05) is 13.6 Å². The summed E-state index contributed by atoms with van der Waals surface area (Å²) in [6.07, 6.45) is 0.609. The lowest BCUT2D eigenvalue weighted by Crippen LogP contribution is -2.45. The normalized spacial score (nSPS) is 23.4. The number of amides is 1. The standard InChI is InChI=1S/C14H19FN2O2/c1-9-7-10(15)3-4-12(9)13-8-11(16-2)5-6-17(13)14(18)19/h3-4,7,11,13,16H,5-6,8H2,1-2H3,(H,18,19). The van der Waals surface area contributed by atoms with E-state index in [4.69, 9.17) is 0 Å². The van der Waals surface area contributed by atoms with Gasteiger partial charge < -0.3 is 15.3 Å². The number of nitrogens with zero attached hydrogens (tertiary/aromatic N) is 1. The highest BCUT2D eigenvalue weighted by atomic mass is 19.1. The molecule has 1 fully saturated rings. The van der Waals surface area contributed by atoms with Crippen LogP contribution in [0.5, 0.6) is 0 Å². The van der Waals surface area contributed by atoms with E-state index in [1.54, 1.807) is 6.07 Å². The number of hydrogen-bond donors (Lipinski definition) is 2. The molecule has 1 heterocycles. The first-order valence-electron chi connectivity index (χ1n) is 6.45. The second kappa shape index (κ2) is 5.57. The van der Waals surface area contributed by atoms with Crippen LogP contribution in [-0.4, -0.2) is 35.7 Å². The van der Waals surface area contributed by atoms with Crippen LogP contribution in [0, 0.1) is 12.7 Å². The molecule has 4 nitrogen and oxygen atoms in total. The van der Waals surface area contributed by atoms with Crippen LogP contribution in [0.15, 0.2) is 18.2 Å². The maximum Gasteiger partial charge on any atom is 0.407 e. The topological polar surface area (TPSA) is 52.6 Å². The van der Waals surface area contributed by atoms with Gasteiger partial charge in [-0.15, -0.1) is 0 Å². The Morgan fingerprint density at radius 2 is 2.26 bits per heavy atom. The lowest BCUT2D eigenvalue weighted by Gasteiger charge is -2.38. The Morgan fingerprint density at radius 3 is 2.84 bits per heavy atom. The smallest absolute Gasteiger partial charge is 0.407 e. The maximum absolute atomic E-state index is 13.2. The number of hydrogen-bond acceptors (Lipinski definition) is 2. The number of likely N-dealkylation sites (tertiary alicyclic amines) is 1. The van der Waals surface area contributed by atoms with Crippen molar-refractivity contribution in [3.05, 3.63) is 35.1 Å². The fourth-order valence-electron chi connectivity index (χ4n) is 2.76. The number of carbonyl (C=O) groups is 1. The van der Waals surface area contributed by atoms with Gasteiger partial charge in [0.2, 0.25) is 0 Å². The van der Waals surface area contributed by atoms with Gasteiger partial charge >= 0.3 is 6.09 Å². The third-order valence-corrected chi connectivity index (χ3v) is 3.85. The van der Waals surface area contributed by atoms with Crippen LogP contribution >= 0.6 is 0 Å². The Balaban J connectivity index is 2.33. The lowest BCUT2D eigenvalue weighted by atomic mass is 9.90. The van der Waals surface area contributed by atoms with E-state index in [1.807, 2.05) is 14.0 Å². The Morgan fingerprint density at radius 1 is 1.53 bits per heavy atom. The molecule has 5 heteroatoms. The zero-order valence-electron chi connectivity index (χ0n) is 11.2. The summed E-state index contributed by atoms with van der Waals surface area (Å²) in [5.41, 5.74) is 1.69. The predicted molar refractivity (Wildman–Crippen MR) is 70.7 cm³/mol. The number of nitrogens with one attached hydrogen (secondary N) is 1. The molecule has 104 valence electrons. The molecule has 19 heavy (non-hydrogen) atoms. The Kier molecular flexibility index (Phi) is 4.04. The molecule has 2 unspecified atom stereocenters. The molecule has 1 aliphatic rings. The van der Waals surface area contributed by atoms with E-state index in [1.165, 1.54) is 17.0 Å². The summed E-state index contributed by atoms with van der Waals surface area (Å²) < 4.78 is 13.2. The maximum atomic E-state index is 13.2. The first kappa shape index (κ1) is 13.8. The summed E-state index contributed by atoms with van der Waals surface area (Å²) in [6.45, 7) is 2.32. The number of benzene rings is 1. The van der Waals surface area contributed by atoms with Crippen molar-refractivity contribution in [2.45, 2.75) is 31.8 Å². The van der Waals surface area contributed by atoms with Gasteiger partial charge in [0.25, 0.3) is 0 Å². The molecule has 1 aromatic rings. The van der Waals surface area contributed by atoms with Crippen molar-refractivity contribution in [2.24, 2.45) is 0 Å². The Labute approximate surface area is 112 Å². The van der Waals surface area contributed by atoms with Crippen molar-refractivity contribution in [3.8, 4) is 0 Å². The number of carboxylic acid groups (broad SMARTS) is 1. The molecule has 0 aliphatic carbocycles. The van der Waals surface area contributed by atoms with Gasteiger partial charge in [0, 0.05) is 12.6 Å². The first-order chi connectivity index (χ1) is 9.02. The molecule has 0 saturated carbocycles. The Bertz CT molecular complexity index is 479. The molecular formula is C14H19FN2O2. The van der Waals surface area contributed by atoms with Crippen LogP contribution in [0.2, 0.25) is 0 Å². The molecule has 1 aliphatic heterocycles. The average Bonchev–Trinajstić information content (AvgIpc) is 2.38. The highest BCUT2D eigenvalue weighted by molar-refractivity contribution is 5.66. The fraction of sp³-hybridized carbons (Fsp3) is 0.500. The Hall–Kier alpha value is -1.62. The molecule has 0 spiro atoms. The van der Waals surface area contributed by atoms with E-state index in [9.17, 15) is 14.3 Å². The van der Waals surface area contributed by atoms with Crippen LogP contribution in [0.1, 0.15) is 30.0 Å². The number of piperidine rings is 1. The summed E-state index contributed by atoms with van der Waals surface area (Å²) >= 11 is 0. The summed E-state index contributed by atoms with van der Waals surface area (Å²) in [5.74, 6) is -0.288. The van der Waals surface area contributed by atoms with E-state index >= 15 is 0 Å². The predicted octanol–water partition coefficient (Wildman–Crippen LogP) is 2.54. The SMILES string of the molecule is CNC1CCN(C(=O)O)C(c2ccc(F)cc2C)C1. The molecular weight excluding hydrogens is 247 g/mol. The molecule has 1 amide bonds. The summed E-state index contributed by atoms with van der Waals surface area (Å²) in [6, 6.07) is 4.64. The average molecular weight is 266 g/mol. The van der Waals surface area contributed by atoms with Crippen molar-refractivity contribution in [3.63, 3.8) is 0 Å². The van der Waals surface area contributed by atoms with E-state index in [0.29, 0.717) is 12.6 Å². The molecule has 0 bridgehead atoms. The molecule has 0 aromatic heterocycles. The highest BCUT2D eigenvalue weighted by Crippen LogP contribution is 2.33. The van der Waals surface area contributed by atoms with Gasteiger partial charge in [-0.3, -0.25) is 0 Å². The fourth-order valence-corrected chi connectivity index (χ4v) is 2.76. The van der Waals surface area contributed by atoms with Crippen LogP contribution in [0.3, 0.4) is 0 Å². The van der Waals surface area contributed by atoms with Crippen molar-refractivity contribution in [1.82, 2.24) is 10.2 Å². The van der Waals surface area contributed by atoms with Crippen LogP contribution in [-0.2, 0) is 0 Å². The minimum atomic E-state index is -0.914. The number of rotatable bonds is 2. The van der Waals surface area contributed by atoms with E-state index < -0.39 is 6.09 Å². The van der Waals surface area contributed by atoms with Gasteiger partial charge in [-0.1, -0.05) is 6.07 Å². The third-order valence-electron chi connectivity index (χ3n) is 3.85. The van der Waals surface area contributed by atoms with Gasteiger partial charge in [-0.25, -0.2) is 9.18 Å². The van der Waals surface area contributed by atoms with Gasteiger partial charge in [-0.2, -0.15) is 0 Å². The van der Waals surface area contributed by atoms with E-state index in [-0.39, 0.29) is 11.9 Å². The minimum absolute atomic E-state index is 0.204. The summed E-state index contributed by atoms with van der Waals surface area (Å²) in [5, 5.41) is 12.5. The van der Waals surface area contributed by atoms with Crippen LogP contribution < -0.4 is 5.32 Å². The van der Waals surface area contributed by atoms with E-state index in [0.717, 1.165) is 24.0 Å². The number of halogens is 1. The first-order valence-corrected chi connectivity index (χ1v) is 6.45. The molecule has 0 radical (unpaired) electrons. The molecule has 1 saturated heterocycles. The quantitative estimate of drug-likeness (QED) is 0.865. The van der Waals surface area contributed by atoms with Gasteiger partial charge in [0.15, 0.2) is 0 Å². The van der Waals surface area contributed by atoms with Crippen molar-refractivity contribution >= 4 is 6.09 Å². The highest BCUT2D eigenvalue weighted by Gasteiger charge is 2.32. The lowest BCUT2D eigenvalue weighted by molar-refractivity contribution is 0.0973. The largest absolute Gasteiger partial charge is 0.465 e. The monoisotopic (exact) mass is 266 g/mol. The van der Waals surface area contributed by atoms with Crippen molar-refractivity contribution in [1.29, 1.82) is 0 Å². The third kappa shape index (κ3) is 2.87. The van der Waals surface area contributed by atoms with Gasteiger partial charge in [0.1, 0.15) is 5.82 Å². The van der Waals surface area contributed by atoms with Crippen molar-refractivity contribution < 1.29 is 14.3 Å². The minimum Gasteiger partial charge on any atom is -0.465 e. The summed E-state index contributed by atoms with van der Waals surface area (Å²) in [4.78, 5) is 12.8. The van der Waals surface area contributed by atoms with Gasteiger partial charge in [-0.05, 0) is 50.1 Å². The van der Waals surface area contributed by atoms with Crippen LogP contribution in [0.4, 0.5) is 9.18 Å². The molecule has 1 aromatic carbocycles. The zero-order valence-corrected chi connectivity index (χ0v) is 11.2. The molecule has 2 rings (SSSR count). The van der Waals surface area contributed by atoms with Crippen LogP contribution in [0.25, 0.3) is 0 Å². The van der Waals surface area contributed by atoms with Gasteiger partial charge in [0.05, 0.1) is 6.04 Å². The molecule has 2 atom stereocenters. The second-order valence-electron chi connectivity index (χ2n) is 5.00. The second-order valence-corrected chi connectivity index (χ2v) is 5.00. The number of aryl methyl sites for hydroxylation is 1. The zero-order chi connectivity index (χ0) is 14.0. The van der Waals surface area contributed by atoms with E-state index in [2.05, 4.69) is 5.32 Å².